The van der Waals surface area contributed by atoms with Gasteiger partial charge in [0.25, 0.3) is 0 Å². The molecule has 0 amide bonds. The van der Waals surface area contributed by atoms with Crippen LogP contribution in [0.25, 0.3) is 10.8 Å². The van der Waals surface area contributed by atoms with Crippen molar-refractivity contribution < 1.29 is 14.2 Å². The summed E-state index contributed by atoms with van der Waals surface area (Å²) in [6.07, 6.45) is 17.8. The average Bonchev–Trinajstić information content (AvgIpc) is 3.39. The van der Waals surface area contributed by atoms with Gasteiger partial charge in [-0.15, -0.1) is 0 Å². The van der Waals surface area contributed by atoms with Gasteiger partial charge < -0.3 is 14.2 Å². The molecule has 7 atom stereocenters. The standard InChI is InChI=1S/C31H39NO3/c1-29-11-9-25-18-24-5-6-26(34-16-15-33-2)19-30(24)12-13-31(25,35-30)28(29)8-7-27(29)22-4-3-21-10-14-32-20-23(21)17-22/h3-4,10,14,17-18,20,25-28H,5-9,11-13,15-16,19H2,1-2H3/t25?,26-,27+,28+,29-,30+,31+/m0/s1. The van der Waals surface area contributed by atoms with E-state index in [1.165, 1.54) is 54.9 Å². The van der Waals surface area contributed by atoms with Crippen molar-refractivity contribution in [1.29, 1.82) is 0 Å². The van der Waals surface area contributed by atoms with Crippen LogP contribution in [0, 0.1) is 17.3 Å². The van der Waals surface area contributed by atoms with E-state index in [1.807, 2.05) is 12.4 Å². The van der Waals surface area contributed by atoms with Crippen LogP contribution in [-0.2, 0) is 14.2 Å². The molecule has 7 rings (SSSR count). The Kier molecular flexibility index (Phi) is 5.21. The average molecular weight is 474 g/mol. The smallest absolute Gasteiger partial charge is 0.0925 e. The molecule has 0 N–H and O–H groups in total. The van der Waals surface area contributed by atoms with Crippen molar-refractivity contribution in [3.8, 4) is 0 Å². The van der Waals surface area contributed by atoms with Crippen LogP contribution < -0.4 is 0 Å². The van der Waals surface area contributed by atoms with Crippen LogP contribution in [0.15, 0.2) is 48.3 Å². The molecule has 5 aliphatic rings. The molecule has 0 radical (unpaired) electrons. The van der Waals surface area contributed by atoms with Gasteiger partial charge in [-0.25, -0.2) is 0 Å². The highest BCUT2D eigenvalue weighted by atomic mass is 16.5. The summed E-state index contributed by atoms with van der Waals surface area (Å²) in [5.74, 6) is 1.83. The zero-order valence-electron chi connectivity index (χ0n) is 21.3. The van der Waals surface area contributed by atoms with Crippen molar-refractivity contribution >= 4 is 10.8 Å². The van der Waals surface area contributed by atoms with E-state index in [1.54, 1.807) is 12.7 Å². The molecule has 2 bridgehead atoms. The Hall–Kier alpha value is -1.75. The number of ether oxygens (including phenoxy) is 3. The minimum atomic E-state index is -0.0720. The lowest BCUT2D eigenvalue weighted by Crippen LogP contribution is -2.58. The normalized spacial score (nSPS) is 41.8. The third-order valence-electron chi connectivity index (χ3n) is 10.8. The Balaban J connectivity index is 1.19. The Bertz CT molecular complexity index is 1160. The van der Waals surface area contributed by atoms with Gasteiger partial charge in [0.15, 0.2) is 0 Å². The molecule has 3 saturated carbocycles. The summed E-state index contributed by atoms with van der Waals surface area (Å²) in [5.41, 5.74) is 3.36. The van der Waals surface area contributed by atoms with E-state index in [-0.39, 0.29) is 11.2 Å². The second-order valence-corrected chi connectivity index (χ2v) is 12.3. The van der Waals surface area contributed by atoms with Gasteiger partial charge in [-0.2, -0.15) is 0 Å². The van der Waals surface area contributed by atoms with E-state index in [4.69, 9.17) is 14.2 Å². The molecular weight excluding hydrogens is 434 g/mol. The fraction of sp³-hybridized carbons (Fsp3) is 0.645. The first kappa shape index (κ1) is 22.4. The highest BCUT2D eigenvalue weighted by Crippen LogP contribution is 2.70. The summed E-state index contributed by atoms with van der Waals surface area (Å²) >= 11 is 0. The van der Waals surface area contributed by atoms with E-state index >= 15 is 0 Å². The number of hydrogen-bond acceptors (Lipinski definition) is 4. The fourth-order valence-electron chi connectivity index (χ4n) is 9.25. The van der Waals surface area contributed by atoms with Gasteiger partial charge in [0.05, 0.1) is 30.5 Å². The van der Waals surface area contributed by atoms with Crippen molar-refractivity contribution in [1.82, 2.24) is 4.98 Å². The first-order chi connectivity index (χ1) is 17.1. The van der Waals surface area contributed by atoms with E-state index in [0.29, 0.717) is 42.5 Å². The lowest BCUT2D eigenvalue weighted by molar-refractivity contribution is -0.203. The summed E-state index contributed by atoms with van der Waals surface area (Å²) in [7, 11) is 1.75. The zero-order valence-corrected chi connectivity index (χ0v) is 21.3. The van der Waals surface area contributed by atoms with Gasteiger partial charge in [0.1, 0.15) is 0 Å². The molecule has 4 heteroatoms. The number of nitrogens with zero attached hydrogens (tertiary/aromatic N) is 1. The van der Waals surface area contributed by atoms with Gasteiger partial charge in [-0.1, -0.05) is 25.1 Å². The molecule has 4 fully saturated rings. The third-order valence-corrected chi connectivity index (χ3v) is 10.8. The maximum absolute atomic E-state index is 7.46. The molecule has 1 unspecified atom stereocenters. The van der Waals surface area contributed by atoms with Crippen LogP contribution in [0.2, 0.25) is 0 Å². The van der Waals surface area contributed by atoms with Gasteiger partial charge in [0.2, 0.25) is 0 Å². The summed E-state index contributed by atoms with van der Waals surface area (Å²) in [6, 6.07) is 9.23. The molecule has 2 aliphatic heterocycles. The summed E-state index contributed by atoms with van der Waals surface area (Å²) in [5, 5.41) is 2.56. The number of aromatic nitrogens is 1. The summed E-state index contributed by atoms with van der Waals surface area (Å²) < 4.78 is 18.9. The minimum Gasteiger partial charge on any atom is -0.382 e. The van der Waals surface area contributed by atoms with E-state index < -0.39 is 0 Å². The lowest BCUT2D eigenvalue weighted by atomic mass is 9.54. The SMILES string of the molecule is COCCO[C@H]1CCC2=CC3CC[C@@]4(C)[C@@H](c5ccc6ccncc6c5)CC[C@H]4[C@@]34CC[C@]2(C1)O4. The number of hydrogen-bond donors (Lipinski definition) is 0. The maximum atomic E-state index is 7.46. The predicted octanol–water partition coefficient (Wildman–Crippen LogP) is 6.59. The fourth-order valence-corrected chi connectivity index (χ4v) is 9.25. The number of benzene rings is 1. The van der Waals surface area contributed by atoms with Gasteiger partial charge >= 0.3 is 0 Å². The van der Waals surface area contributed by atoms with Crippen molar-refractivity contribution in [2.75, 3.05) is 20.3 Å². The number of pyridine rings is 1. The van der Waals surface area contributed by atoms with Crippen molar-refractivity contribution in [2.45, 2.75) is 87.9 Å². The molecule has 2 spiro atoms. The van der Waals surface area contributed by atoms with Crippen molar-refractivity contribution in [2.24, 2.45) is 17.3 Å². The van der Waals surface area contributed by atoms with Crippen LogP contribution >= 0.6 is 0 Å². The molecule has 4 nitrogen and oxygen atoms in total. The molecule has 1 aromatic carbocycles. The monoisotopic (exact) mass is 473 g/mol. The molecule has 1 aromatic heterocycles. The molecule has 1 saturated heterocycles. The third kappa shape index (κ3) is 3.25. The molecule has 2 aromatic rings. The minimum absolute atomic E-state index is 0.0259. The molecule has 186 valence electrons. The summed E-state index contributed by atoms with van der Waals surface area (Å²) in [4.78, 5) is 4.39. The molecular formula is C31H39NO3. The Morgan fingerprint density at radius 3 is 2.89 bits per heavy atom. The molecule has 3 aliphatic carbocycles. The van der Waals surface area contributed by atoms with Crippen LogP contribution in [0.3, 0.4) is 0 Å². The van der Waals surface area contributed by atoms with Crippen LogP contribution in [0.5, 0.6) is 0 Å². The first-order valence-electron chi connectivity index (χ1n) is 13.9. The van der Waals surface area contributed by atoms with Crippen molar-refractivity contribution in [3.63, 3.8) is 0 Å². The molecule has 35 heavy (non-hydrogen) atoms. The highest BCUT2D eigenvalue weighted by molar-refractivity contribution is 5.82. The van der Waals surface area contributed by atoms with Crippen LogP contribution in [-0.4, -0.2) is 42.6 Å². The van der Waals surface area contributed by atoms with Crippen molar-refractivity contribution in [3.05, 3.63) is 53.9 Å². The van der Waals surface area contributed by atoms with Gasteiger partial charge in [0, 0.05) is 37.2 Å². The van der Waals surface area contributed by atoms with E-state index in [9.17, 15) is 0 Å². The Labute approximate surface area is 209 Å². The number of fused-ring (bicyclic) bond motifs is 2. The van der Waals surface area contributed by atoms with Crippen LogP contribution in [0.4, 0.5) is 0 Å². The Morgan fingerprint density at radius 2 is 1.97 bits per heavy atom. The maximum Gasteiger partial charge on any atom is 0.0925 e. The zero-order chi connectivity index (χ0) is 23.7. The molecule has 3 heterocycles. The van der Waals surface area contributed by atoms with Crippen LogP contribution in [0.1, 0.15) is 76.2 Å². The van der Waals surface area contributed by atoms with E-state index in [0.717, 1.165) is 19.3 Å². The number of methoxy groups -OCH3 is 1. The summed E-state index contributed by atoms with van der Waals surface area (Å²) in [6.45, 7) is 3.96. The second-order valence-electron chi connectivity index (χ2n) is 12.3. The second kappa shape index (κ2) is 8.13. The Morgan fingerprint density at radius 1 is 1.03 bits per heavy atom. The number of rotatable bonds is 5. The largest absolute Gasteiger partial charge is 0.382 e. The highest BCUT2D eigenvalue weighted by Gasteiger charge is 2.68. The quantitative estimate of drug-likeness (QED) is 0.363. The first-order valence-corrected chi connectivity index (χ1v) is 13.9. The van der Waals surface area contributed by atoms with Gasteiger partial charge in [-0.3, -0.25) is 4.98 Å². The lowest BCUT2D eigenvalue weighted by Gasteiger charge is -2.58. The topological polar surface area (TPSA) is 40.6 Å². The van der Waals surface area contributed by atoms with Gasteiger partial charge in [-0.05, 0) is 97.3 Å². The van der Waals surface area contributed by atoms with E-state index in [2.05, 4.69) is 42.2 Å². The predicted molar refractivity (Wildman–Crippen MR) is 137 cm³/mol.